The molecule has 1 unspecified atom stereocenters. The van der Waals surface area contributed by atoms with Gasteiger partial charge in [-0.1, -0.05) is 12.1 Å². The molecule has 1 aliphatic rings. The van der Waals surface area contributed by atoms with Crippen LogP contribution in [0.1, 0.15) is 16.8 Å². The van der Waals surface area contributed by atoms with Gasteiger partial charge in [-0.2, -0.15) is 0 Å². The molecule has 0 saturated carbocycles. The van der Waals surface area contributed by atoms with E-state index >= 15 is 0 Å². The molecule has 0 bridgehead atoms. The first-order valence-corrected chi connectivity index (χ1v) is 6.36. The summed E-state index contributed by atoms with van der Waals surface area (Å²) in [4.78, 5) is 16.4. The Morgan fingerprint density at radius 3 is 2.83 bits per heavy atom. The predicted octanol–water partition coefficient (Wildman–Crippen LogP) is 1.29. The molecule has 18 heavy (non-hydrogen) atoms. The van der Waals surface area contributed by atoms with Crippen LogP contribution in [-0.2, 0) is 0 Å². The molecule has 1 aromatic rings. The van der Waals surface area contributed by atoms with Gasteiger partial charge in [-0.3, -0.25) is 4.79 Å². The second kappa shape index (κ2) is 5.40. The molecule has 1 aromatic carbocycles. The quantitative estimate of drug-likeness (QED) is 0.819. The molecule has 4 nitrogen and oxygen atoms in total. The Hall–Kier alpha value is -1.55. The summed E-state index contributed by atoms with van der Waals surface area (Å²) >= 11 is 0. The van der Waals surface area contributed by atoms with E-state index in [0.717, 1.165) is 19.6 Å². The zero-order valence-electron chi connectivity index (χ0n) is 11.1. The number of nitrogen functional groups attached to an aromatic ring is 1. The van der Waals surface area contributed by atoms with Crippen molar-refractivity contribution in [3.05, 3.63) is 29.8 Å². The Morgan fingerprint density at radius 1 is 1.50 bits per heavy atom. The summed E-state index contributed by atoms with van der Waals surface area (Å²) in [5, 5.41) is 0. The average molecular weight is 247 g/mol. The van der Waals surface area contributed by atoms with Crippen molar-refractivity contribution in [3.63, 3.8) is 0 Å². The van der Waals surface area contributed by atoms with Gasteiger partial charge in [0.25, 0.3) is 5.91 Å². The first-order valence-electron chi connectivity index (χ1n) is 6.36. The molecule has 2 N–H and O–H groups in total. The summed E-state index contributed by atoms with van der Waals surface area (Å²) in [6, 6.07) is 7.25. The summed E-state index contributed by atoms with van der Waals surface area (Å²) in [5.74, 6) is 0.594. The molecule has 0 aromatic heterocycles. The zero-order valence-corrected chi connectivity index (χ0v) is 11.1. The van der Waals surface area contributed by atoms with E-state index in [-0.39, 0.29) is 5.91 Å². The van der Waals surface area contributed by atoms with E-state index in [2.05, 4.69) is 11.9 Å². The largest absolute Gasteiger partial charge is 0.398 e. The normalized spacial score (nSPS) is 20.0. The highest BCUT2D eigenvalue weighted by atomic mass is 16.2. The topological polar surface area (TPSA) is 49.6 Å². The number of nitrogens with two attached hydrogens (primary N) is 1. The minimum Gasteiger partial charge on any atom is -0.398 e. The molecule has 4 heteroatoms. The van der Waals surface area contributed by atoms with Crippen molar-refractivity contribution in [1.82, 2.24) is 9.80 Å². The SMILES string of the molecule is CN1CCC(CN(C)C(=O)c2ccccc2N)C1. The number of nitrogens with zero attached hydrogens (tertiary/aromatic N) is 2. The van der Waals surface area contributed by atoms with E-state index in [1.54, 1.807) is 17.0 Å². The van der Waals surface area contributed by atoms with Crippen molar-refractivity contribution in [1.29, 1.82) is 0 Å². The molecule has 0 spiro atoms. The number of carbonyl (C=O) groups is 1. The van der Waals surface area contributed by atoms with Crippen molar-refractivity contribution >= 4 is 11.6 Å². The van der Waals surface area contributed by atoms with Crippen LogP contribution in [0.25, 0.3) is 0 Å². The number of anilines is 1. The van der Waals surface area contributed by atoms with E-state index < -0.39 is 0 Å². The summed E-state index contributed by atoms with van der Waals surface area (Å²) in [7, 11) is 3.98. The summed E-state index contributed by atoms with van der Waals surface area (Å²) in [6.07, 6.45) is 1.17. The van der Waals surface area contributed by atoms with Crippen molar-refractivity contribution in [2.75, 3.05) is 39.5 Å². The van der Waals surface area contributed by atoms with Crippen LogP contribution in [0.5, 0.6) is 0 Å². The second-order valence-electron chi connectivity index (χ2n) is 5.19. The van der Waals surface area contributed by atoms with Crippen LogP contribution in [0.4, 0.5) is 5.69 Å². The highest BCUT2D eigenvalue weighted by Crippen LogP contribution is 2.18. The summed E-state index contributed by atoms with van der Waals surface area (Å²) < 4.78 is 0. The van der Waals surface area contributed by atoms with Crippen LogP contribution in [-0.4, -0.2) is 49.4 Å². The Balaban J connectivity index is 1.99. The van der Waals surface area contributed by atoms with Gasteiger partial charge >= 0.3 is 0 Å². The van der Waals surface area contributed by atoms with Crippen LogP contribution in [0, 0.1) is 5.92 Å². The van der Waals surface area contributed by atoms with Crippen molar-refractivity contribution in [3.8, 4) is 0 Å². The number of hydrogen-bond acceptors (Lipinski definition) is 3. The van der Waals surface area contributed by atoms with Crippen LogP contribution >= 0.6 is 0 Å². The summed E-state index contributed by atoms with van der Waals surface area (Å²) in [6.45, 7) is 3.00. The number of hydrogen-bond donors (Lipinski definition) is 1. The third-order valence-electron chi connectivity index (χ3n) is 3.56. The van der Waals surface area contributed by atoms with Gasteiger partial charge in [0.15, 0.2) is 0 Å². The smallest absolute Gasteiger partial charge is 0.255 e. The van der Waals surface area contributed by atoms with Gasteiger partial charge in [-0.15, -0.1) is 0 Å². The third kappa shape index (κ3) is 2.82. The number of rotatable bonds is 3. The molecule has 1 heterocycles. The standard InChI is InChI=1S/C14H21N3O/c1-16-8-7-11(9-16)10-17(2)14(18)12-5-3-4-6-13(12)15/h3-6,11H,7-10,15H2,1-2H3. The summed E-state index contributed by atoms with van der Waals surface area (Å²) in [5.41, 5.74) is 6.99. The number of carbonyl (C=O) groups excluding carboxylic acids is 1. The molecule has 0 radical (unpaired) electrons. The van der Waals surface area contributed by atoms with Gasteiger partial charge in [0.05, 0.1) is 5.56 Å². The fraction of sp³-hybridized carbons (Fsp3) is 0.500. The van der Waals surface area contributed by atoms with Crippen molar-refractivity contribution in [2.24, 2.45) is 5.92 Å². The lowest BCUT2D eigenvalue weighted by atomic mass is 10.1. The van der Waals surface area contributed by atoms with Gasteiger partial charge in [-0.25, -0.2) is 0 Å². The van der Waals surface area contributed by atoms with Crippen LogP contribution in [0.3, 0.4) is 0 Å². The Labute approximate surface area is 108 Å². The van der Waals surface area contributed by atoms with E-state index in [4.69, 9.17) is 5.73 Å². The van der Waals surface area contributed by atoms with Crippen LogP contribution in [0.15, 0.2) is 24.3 Å². The van der Waals surface area contributed by atoms with Crippen LogP contribution in [0.2, 0.25) is 0 Å². The molecule has 1 amide bonds. The predicted molar refractivity (Wildman–Crippen MR) is 73.4 cm³/mol. The van der Waals surface area contributed by atoms with E-state index in [0.29, 0.717) is 17.2 Å². The van der Waals surface area contributed by atoms with Crippen LogP contribution < -0.4 is 5.73 Å². The lowest BCUT2D eigenvalue weighted by molar-refractivity contribution is 0.0775. The van der Waals surface area contributed by atoms with Gasteiger partial charge in [-0.05, 0) is 38.1 Å². The molecule has 98 valence electrons. The van der Waals surface area contributed by atoms with Gasteiger partial charge in [0.2, 0.25) is 0 Å². The maximum absolute atomic E-state index is 12.3. The first-order chi connectivity index (χ1) is 8.58. The maximum atomic E-state index is 12.3. The monoisotopic (exact) mass is 247 g/mol. The average Bonchev–Trinajstić information content (AvgIpc) is 2.74. The molecular weight excluding hydrogens is 226 g/mol. The molecule has 1 saturated heterocycles. The molecule has 2 rings (SSSR count). The lowest BCUT2D eigenvalue weighted by Crippen LogP contribution is -2.33. The highest BCUT2D eigenvalue weighted by Gasteiger charge is 2.23. The number of likely N-dealkylation sites (tertiary alicyclic amines) is 1. The van der Waals surface area contributed by atoms with Crippen molar-refractivity contribution in [2.45, 2.75) is 6.42 Å². The minimum atomic E-state index is 0.0163. The molecule has 1 fully saturated rings. The van der Waals surface area contributed by atoms with Gasteiger partial charge in [0.1, 0.15) is 0 Å². The molecule has 0 aliphatic carbocycles. The fourth-order valence-electron chi connectivity index (χ4n) is 2.54. The van der Waals surface area contributed by atoms with E-state index in [1.165, 1.54) is 6.42 Å². The van der Waals surface area contributed by atoms with E-state index in [1.807, 2.05) is 19.2 Å². The van der Waals surface area contributed by atoms with Crippen molar-refractivity contribution < 1.29 is 4.79 Å². The van der Waals surface area contributed by atoms with Gasteiger partial charge in [0, 0.05) is 25.8 Å². The van der Waals surface area contributed by atoms with Gasteiger partial charge < -0.3 is 15.5 Å². The fourth-order valence-corrected chi connectivity index (χ4v) is 2.54. The first kappa shape index (κ1) is 12.9. The number of amides is 1. The second-order valence-corrected chi connectivity index (χ2v) is 5.19. The molecule has 1 atom stereocenters. The molecule has 1 aliphatic heterocycles. The number of benzene rings is 1. The maximum Gasteiger partial charge on any atom is 0.255 e. The Bertz CT molecular complexity index is 433. The third-order valence-corrected chi connectivity index (χ3v) is 3.56. The van der Waals surface area contributed by atoms with E-state index in [9.17, 15) is 4.79 Å². The Kier molecular flexibility index (Phi) is 3.87. The zero-order chi connectivity index (χ0) is 13.1. The molecular formula is C14H21N3O. The minimum absolute atomic E-state index is 0.0163. The lowest BCUT2D eigenvalue weighted by Gasteiger charge is -2.21. The highest BCUT2D eigenvalue weighted by molar-refractivity contribution is 5.98. The Morgan fingerprint density at radius 2 is 2.22 bits per heavy atom. The number of para-hydroxylation sites is 1.